The second kappa shape index (κ2) is 5.59. The Labute approximate surface area is 120 Å². The zero-order valence-electron chi connectivity index (χ0n) is 10.5. The van der Waals surface area contributed by atoms with Gasteiger partial charge in [0, 0.05) is 22.8 Å². The van der Waals surface area contributed by atoms with E-state index in [4.69, 9.17) is 9.68 Å². The van der Waals surface area contributed by atoms with E-state index in [1.807, 2.05) is 35.7 Å². The van der Waals surface area contributed by atoms with Gasteiger partial charge in [-0.1, -0.05) is 12.1 Å². The van der Waals surface area contributed by atoms with Gasteiger partial charge < -0.3 is 9.73 Å². The molecule has 2 heterocycles. The fourth-order valence-corrected chi connectivity index (χ4v) is 2.49. The summed E-state index contributed by atoms with van der Waals surface area (Å²) in [5.74, 6) is 1.07. The number of anilines is 1. The van der Waals surface area contributed by atoms with Crippen molar-refractivity contribution in [2.75, 3.05) is 5.32 Å². The summed E-state index contributed by atoms with van der Waals surface area (Å²) in [5, 5.41) is 14.9. The van der Waals surface area contributed by atoms with Crippen molar-refractivity contribution < 1.29 is 4.42 Å². The zero-order chi connectivity index (χ0) is 13.8. The average Bonchev–Trinajstić information content (AvgIpc) is 3.17. The largest absolute Gasteiger partial charge is 0.449 e. The molecule has 0 saturated heterocycles. The first-order valence-corrected chi connectivity index (χ1v) is 6.96. The molecule has 0 aliphatic rings. The standard InChI is InChI=1S/C15H11N3OS/c16-9-13-4-5-14(19-13)10-18-12-3-1-2-11(8-12)15-17-6-7-20-15/h1-8,18H,10H2. The lowest BCUT2D eigenvalue weighted by Crippen LogP contribution is -1.97. The quantitative estimate of drug-likeness (QED) is 0.788. The van der Waals surface area contributed by atoms with Crippen LogP contribution in [0, 0.1) is 11.3 Å². The minimum atomic E-state index is 0.332. The van der Waals surface area contributed by atoms with Crippen LogP contribution in [-0.4, -0.2) is 4.98 Å². The molecule has 0 amide bonds. The highest BCUT2D eigenvalue weighted by atomic mass is 32.1. The Morgan fingerprint density at radius 3 is 3.00 bits per heavy atom. The first-order chi connectivity index (χ1) is 9.85. The Bertz CT molecular complexity index is 741. The van der Waals surface area contributed by atoms with Crippen molar-refractivity contribution >= 4 is 17.0 Å². The van der Waals surface area contributed by atoms with E-state index < -0.39 is 0 Å². The first-order valence-electron chi connectivity index (χ1n) is 6.08. The summed E-state index contributed by atoms with van der Waals surface area (Å²) in [6, 6.07) is 13.5. The van der Waals surface area contributed by atoms with Crippen LogP contribution >= 0.6 is 11.3 Å². The maximum Gasteiger partial charge on any atom is 0.203 e. The number of rotatable bonds is 4. The Morgan fingerprint density at radius 2 is 2.25 bits per heavy atom. The number of nitrogens with one attached hydrogen (secondary N) is 1. The van der Waals surface area contributed by atoms with Gasteiger partial charge in [0.15, 0.2) is 0 Å². The molecule has 2 aromatic heterocycles. The summed E-state index contributed by atoms with van der Waals surface area (Å²) in [7, 11) is 0. The highest BCUT2D eigenvalue weighted by Gasteiger charge is 2.03. The molecule has 1 N–H and O–H groups in total. The van der Waals surface area contributed by atoms with E-state index in [0.717, 1.165) is 22.0 Å². The molecule has 0 saturated carbocycles. The smallest absolute Gasteiger partial charge is 0.203 e. The summed E-state index contributed by atoms with van der Waals surface area (Å²) in [5.41, 5.74) is 2.08. The van der Waals surface area contributed by atoms with Gasteiger partial charge in [0.05, 0.1) is 6.54 Å². The van der Waals surface area contributed by atoms with Gasteiger partial charge in [-0.3, -0.25) is 0 Å². The van der Waals surface area contributed by atoms with Crippen LogP contribution < -0.4 is 5.32 Å². The van der Waals surface area contributed by atoms with Crippen molar-refractivity contribution in [2.24, 2.45) is 0 Å². The summed E-state index contributed by atoms with van der Waals surface area (Å²) in [4.78, 5) is 4.30. The summed E-state index contributed by atoms with van der Waals surface area (Å²) in [6.45, 7) is 0.545. The molecular formula is C15H11N3OS. The number of hydrogen-bond donors (Lipinski definition) is 1. The van der Waals surface area contributed by atoms with E-state index >= 15 is 0 Å². The van der Waals surface area contributed by atoms with E-state index in [1.54, 1.807) is 29.7 Å². The van der Waals surface area contributed by atoms with Crippen molar-refractivity contribution in [3.05, 3.63) is 59.5 Å². The molecule has 0 unspecified atom stereocenters. The molecule has 0 aliphatic heterocycles. The van der Waals surface area contributed by atoms with Crippen LogP contribution in [0.4, 0.5) is 5.69 Å². The highest BCUT2D eigenvalue weighted by Crippen LogP contribution is 2.24. The maximum atomic E-state index is 8.71. The van der Waals surface area contributed by atoms with E-state index in [1.165, 1.54) is 0 Å². The molecule has 3 rings (SSSR count). The van der Waals surface area contributed by atoms with Crippen LogP contribution in [-0.2, 0) is 6.54 Å². The fourth-order valence-electron chi connectivity index (χ4n) is 1.85. The molecule has 0 atom stereocenters. The summed E-state index contributed by atoms with van der Waals surface area (Å²) < 4.78 is 5.32. The monoisotopic (exact) mass is 281 g/mol. The highest BCUT2D eigenvalue weighted by molar-refractivity contribution is 7.13. The van der Waals surface area contributed by atoms with Crippen LogP contribution in [0.25, 0.3) is 10.6 Å². The van der Waals surface area contributed by atoms with Crippen LogP contribution in [0.15, 0.2) is 52.4 Å². The molecular weight excluding hydrogens is 270 g/mol. The second-order valence-corrected chi connectivity index (χ2v) is 5.04. The Kier molecular flexibility index (Phi) is 3.48. The average molecular weight is 281 g/mol. The third-order valence-electron chi connectivity index (χ3n) is 2.78. The molecule has 0 spiro atoms. The van der Waals surface area contributed by atoms with Gasteiger partial charge in [0.1, 0.15) is 16.8 Å². The van der Waals surface area contributed by atoms with E-state index in [9.17, 15) is 0 Å². The van der Waals surface area contributed by atoms with Gasteiger partial charge in [-0.25, -0.2) is 4.98 Å². The molecule has 0 fully saturated rings. The van der Waals surface area contributed by atoms with Crippen molar-refractivity contribution in [3.63, 3.8) is 0 Å². The number of nitriles is 1. The minimum absolute atomic E-state index is 0.332. The van der Waals surface area contributed by atoms with E-state index in [0.29, 0.717) is 12.3 Å². The number of nitrogens with zero attached hydrogens (tertiary/aromatic N) is 2. The van der Waals surface area contributed by atoms with Crippen LogP contribution in [0.2, 0.25) is 0 Å². The first kappa shape index (κ1) is 12.5. The summed E-state index contributed by atoms with van der Waals surface area (Å²) in [6.07, 6.45) is 1.80. The van der Waals surface area contributed by atoms with Gasteiger partial charge in [0.25, 0.3) is 0 Å². The Hall–Kier alpha value is -2.58. The predicted octanol–water partition coefficient (Wildman–Crippen LogP) is 3.89. The zero-order valence-corrected chi connectivity index (χ0v) is 11.4. The maximum absolute atomic E-state index is 8.71. The number of hydrogen-bond acceptors (Lipinski definition) is 5. The van der Waals surface area contributed by atoms with Crippen LogP contribution in [0.5, 0.6) is 0 Å². The van der Waals surface area contributed by atoms with Gasteiger partial charge in [-0.2, -0.15) is 5.26 Å². The fraction of sp³-hybridized carbons (Fsp3) is 0.0667. The molecule has 98 valence electrons. The molecule has 20 heavy (non-hydrogen) atoms. The number of benzene rings is 1. The number of furan rings is 1. The molecule has 0 aliphatic carbocycles. The van der Waals surface area contributed by atoms with E-state index in [-0.39, 0.29) is 0 Å². The lowest BCUT2D eigenvalue weighted by atomic mass is 10.2. The molecule has 1 aromatic carbocycles. The van der Waals surface area contributed by atoms with Gasteiger partial charge in [-0.15, -0.1) is 11.3 Å². The minimum Gasteiger partial charge on any atom is -0.449 e. The van der Waals surface area contributed by atoms with E-state index in [2.05, 4.69) is 10.3 Å². The number of aromatic nitrogens is 1. The van der Waals surface area contributed by atoms with Crippen molar-refractivity contribution in [3.8, 4) is 16.6 Å². The Morgan fingerprint density at radius 1 is 1.30 bits per heavy atom. The molecule has 5 heteroatoms. The molecule has 3 aromatic rings. The molecule has 0 bridgehead atoms. The van der Waals surface area contributed by atoms with Crippen molar-refractivity contribution in [1.29, 1.82) is 5.26 Å². The SMILES string of the molecule is N#Cc1ccc(CNc2cccc(-c3nccs3)c2)o1. The second-order valence-electron chi connectivity index (χ2n) is 4.15. The molecule has 0 radical (unpaired) electrons. The molecule has 4 nitrogen and oxygen atoms in total. The normalized spacial score (nSPS) is 10.2. The third-order valence-corrected chi connectivity index (χ3v) is 3.60. The lowest BCUT2D eigenvalue weighted by Gasteiger charge is -2.05. The third kappa shape index (κ3) is 2.71. The van der Waals surface area contributed by atoms with Gasteiger partial charge in [-0.05, 0) is 24.3 Å². The Balaban J connectivity index is 1.72. The summed E-state index contributed by atoms with van der Waals surface area (Å²) >= 11 is 1.61. The van der Waals surface area contributed by atoms with Crippen LogP contribution in [0.1, 0.15) is 11.5 Å². The van der Waals surface area contributed by atoms with Crippen molar-refractivity contribution in [1.82, 2.24) is 4.98 Å². The predicted molar refractivity (Wildman–Crippen MR) is 78.3 cm³/mol. The topological polar surface area (TPSA) is 61.9 Å². The lowest BCUT2D eigenvalue weighted by molar-refractivity contribution is 0.506. The number of thiazole rings is 1. The van der Waals surface area contributed by atoms with Gasteiger partial charge >= 0.3 is 0 Å². The van der Waals surface area contributed by atoms with Gasteiger partial charge in [0.2, 0.25) is 5.76 Å². The van der Waals surface area contributed by atoms with Crippen LogP contribution in [0.3, 0.4) is 0 Å². The van der Waals surface area contributed by atoms with Crippen molar-refractivity contribution in [2.45, 2.75) is 6.54 Å².